The molecule has 7 heteroatoms. The molecule has 1 aromatic rings. The minimum atomic E-state index is -4.70. The van der Waals surface area contributed by atoms with E-state index in [-0.39, 0.29) is 12.3 Å². The van der Waals surface area contributed by atoms with Crippen molar-refractivity contribution in [3.8, 4) is 5.75 Å². The number of aryl methyl sites for hydroxylation is 1. The summed E-state index contributed by atoms with van der Waals surface area (Å²) >= 11 is 0. The smallest absolute Gasteiger partial charge is 0.406 e. The summed E-state index contributed by atoms with van der Waals surface area (Å²) in [6, 6.07) is 4.13. The summed E-state index contributed by atoms with van der Waals surface area (Å²) in [5.74, 6) is -0.712. The number of halogens is 3. The lowest BCUT2D eigenvalue weighted by molar-refractivity contribution is -0.274. The maximum Gasteiger partial charge on any atom is 0.573 e. The zero-order chi connectivity index (χ0) is 14.0. The Hall–Kier alpha value is -1.92. The lowest BCUT2D eigenvalue weighted by Crippen LogP contribution is -2.37. The number of ether oxygens (including phenoxy) is 1. The van der Waals surface area contributed by atoms with Crippen LogP contribution in [0.5, 0.6) is 5.75 Å². The number of carbonyl (C=O) groups excluding carboxylic acids is 1. The van der Waals surface area contributed by atoms with Gasteiger partial charge in [-0.25, -0.2) is 0 Å². The van der Waals surface area contributed by atoms with Crippen molar-refractivity contribution >= 4 is 11.6 Å². The molecule has 104 valence electrons. The first-order valence-electron chi connectivity index (χ1n) is 5.77. The van der Waals surface area contributed by atoms with E-state index in [0.717, 1.165) is 17.7 Å². The van der Waals surface area contributed by atoms with Crippen LogP contribution in [0.3, 0.4) is 0 Å². The second kappa shape index (κ2) is 4.99. The van der Waals surface area contributed by atoms with E-state index in [2.05, 4.69) is 4.74 Å². The Labute approximate surface area is 107 Å². The van der Waals surface area contributed by atoms with Crippen molar-refractivity contribution in [3.63, 3.8) is 0 Å². The van der Waals surface area contributed by atoms with E-state index in [0.29, 0.717) is 13.0 Å². The molecule has 0 aliphatic carbocycles. The summed E-state index contributed by atoms with van der Waals surface area (Å²) in [6.45, 7) is 0.724. The topological polar surface area (TPSA) is 55.6 Å². The standard InChI is InChI=1S/C12H13F3N2O2/c13-12(14,15)19-9-3-4-10-8(6-9)2-1-5-17(10)7-11(16)18/h3-4,6H,1-2,5,7H2,(H2,16,18). The fourth-order valence-corrected chi connectivity index (χ4v) is 2.20. The highest BCUT2D eigenvalue weighted by Gasteiger charge is 2.31. The van der Waals surface area contributed by atoms with Crippen LogP contribution in [0, 0.1) is 0 Å². The molecule has 0 aromatic heterocycles. The highest BCUT2D eigenvalue weighted by molar-refractivity contribution is 5.80. The van der Waals surface area contributed by atoms with Gasteiger partial charge in [-0.15, -0.1) is 13.2 Å². The molecule has 0 saturated heterocycles. The summed E-state index contributed by atoms with van der Waals surface area (Å²) in [4.78, 5) is 12.7. The summed E-state index contributed by atoms with van der Waals surface area (Å²) in [5, 5.41) is 0. The first-order chi connectivity index (χ1) is 8.85. The predicted molar refractivity (Wildman–Crippen MR) is 62.9 cm³/mol. The molecule has 0 fully saturated rings. The van der Waals surface area contributed by atoms with Crippen molar-refractivity contribution in [1.29, 1.82) is 0 Å². The third-order valence-corrected chi connectivity index (χ3v) is 2.85. The number of nitrogens with zero attached hydrogens (tertiary/aromatic N) is 1. The lowest BCUT2D eigenvalue weighted by Gasteiger charge is -2.30. The molecule has 4 nitrogen and oxygen atoms in total. The summed E-state index contributed by atoms with van der Waals surface area (Å²) in [5.41, 5.74) is 6.61. The molecular formula is C12H13F3N2O2. The van der Waals surface area contributed by atoms with E-state index in [1.54, 1.807) is 4.90 Å². The minimum absolute atomic E-state index is 0.0620. The number of nitrogens with two attached hydrogens (primary N) is 1. The van der Waals surface area contributed by atoms with Crippen LogP contribution in [0.15, 0.2) is 18.2 Å². The molecule has 2 rings (SSSR count). The van der Waals surface area contributed by atoms with Crippen molar-refractivity contribution < 1.29 is 22.7 Å². The van der Waals surface area contributed by atoms with Gasteiger partial charge in [0.05, 0.1) is 6.54 Å². The Balaban J connectivity index is 2.23. The molecule has 2 N–H and O–H groups in total. The van der Waals surface area contributed by atoms with Gasteiger partial charge in [-0.1, -0.05) is 0 Å². The van der Waals surface area contributed by atoms with Crippen LogP contribution in [0.2, 0.25) is 0 Å². The van der Waals surface area contributed by atoms with E-state index < -0.39 is 12.3 Å². The fourth-order valence-electron chi connectivity index (χ4n) is 2.20. The first-order valence-corrected chi connectivity index (χ1v) is 5.77. The van der Waals surface area contributed by atoms with Crippen LogP contribution < -0.4 is 15.4 Å². The number of hydrogen-bond donors (Lipinski definition) is 1. The molecule has 1 aliphatic heterocycles. The maximum absolute atomic E-state index is 12.1. The van der Waals surface area contributed by atoms with Gasteiger partial charge in [0.2, 0.25) is 5.91 Å². The van der Waals surface area contributed by atoms with Gasteiger partial charge in [0.25, 0.3) is 0 Å². The number of amides is 1. The van der Waals surface area contributed by atoms with E-state index >= 15 is 0 Å². The molecule has 19 heavy (non-hydrogen) atoms. The van der Waals surface area contributed by atoms with E-state index in [9.17, 15) is 18.0 Å². The lowest BCUT2D eigenvalue weighted by atomic mass is 10.0. The van der Waals surface area contributed by atoms with Gasteiger partial charge in [0.1, 0.15) is 5.75 Å². The molecule has 1 aliphatic rings. The monoisotopic (exact) mass is 274 g/mol. The molecule has 0 spiro atoms. The van der Waals surface area contributed by atoms with Gasteiger partial charge in [0, 0.05) is 12.2 Å². The predicted octanol–water partition coefficient (Wildman–Crippen LogP) is 1.82. The van der Waals surface area contributed by atoms with Gasteiger partial charge in [-0.2, -0.15) is 0 Å². The Morgan fingerprint density at radius 2 is 2.16 bits per heavy atom. The number of benzene rings is 1. The zero-order valence-corrected chi connectivity index (χ0v) is 10.0. The Morgan fingerprint density at radius 1 is 1.42 bits per heavy atom. The van der Waals surface area contributed by atoms with Crippen LogP contribution in [-0.4, -0.2) is 25.4 Å². The number of primary amides is 1. The minimum Gasteiger partial charge on any atom is -0.406 e. The SMILES string of the molecule is NC(=O)CN1CCCc2cc(OC(F)(F)F)ccc21. The molecule has 0 atom stereocenters. The van der Waals surface area contributed by atoms with Crippen LogP contribution in [0.1, 0.15) is 12.0 Å². The molecule has 0 unspecified atom stereocenters. The van der Waals surface area contributed by atoms with Gasteiger partial charge < -0.3 is 15.4 Å². The molecule has 0 radical (unpaired) electrons. The van der Waals surface area contributed by atoms with E-state index in [4.69, 9.17) is 5.73 Å². The summed E-state index contributed by atoms with van der Waals surface area (Å²) < 4.78 is 40.3. The number of hydrogen-bond acceptors (Lipinski definition) is 3. The number of alkyl halides is 3. The van der Waals surface area contributed by atoms with Crippen LogP contribution in [0.4, 0.5) is 18.9 Å². The molecular weight excluding hydrogens is 261 g/mol. The third kappa shape index (κ3) is 3.52. The van der Waals surface area contributed by atoms with Crippen molar-refractivity contribution in [1.82, 2.24) is 0 Å². The summed E-state index contributed by atoms with van der Waals surface area (Å²) in [7, 11) is 0. The second-order valence-electron chi connectivity index (χ2n) is 4.33. The molecule has 0 saturated carbocycles. The number of fused-ring (bicyclic) bond motifs is 1. The van der Waals surface area contributed by atoms with Crippen LogP contribution in [-0.2, 0) is 11.2 Å². The van der Waals surface area contributed by atoms with E-state index in [1.807, 2.05) is 0 Å². The number of rotatable bonds is 3. The van der Waals surface area contributed by atoms with Crippen molar-refractivity contribution in [2.75, 3.05) is 18.0 Å². The Bertz CT molecular complexity index is 488. The zero-order valence-electron chi connectivity index (χ0n) is 10.0. The Morgan fingerprint density at radius 3 is 2.79 bits per heavy atom. The Kier molecular flexibility index (Phi) is 3.55. The second-order valence-corrected chi connectivity index (χ2v) is 4.33. The average molecular weight is 274 g/mol. The van der Waals surface area contributed by atoms with Gasteiger partial charge in [-0.3, -0.25) is 4.79 Å². The maximum atomic E-state index is 12.1. The average Bonchev–Trinajstić information content (AvgIpc) is 2.26. The van der Waals surface area contributed by atoms with E-state index in [1.165, 1.54) is 18.2 Å². The third-order valence-electron chi connectivity index (χ3n) is 2.85. The van der Waals surface area contributed by atoms with Crippen molar-refractivity contribution in [3.05, 3.63) is 23.8 Å². The van der Waals surface area contributed by atoms with Gasteiger partial charge in [-0.05, 0) is 36.6 Å². The molecule has 0 bridgehead atoms. The normalized spacial score (nSPS) is 15.0. The quantitative estimate of drug-likeness (QED) is 0.914. The van der Waals surface area contributed by atoms with Gasteiger partial charge >= 0.3 is 6.36 Å². The van der Waals surface area contributed by atoms with Crippen LogP contribution in [0.25, 0.3) is 0 Å². The number of anilines is 1. The summed E-state index contributed by atoms with van der Waals surface area (Å²) in [6.07, 6.45) is -3.29. The largest absolute Gasteiger partial charge is 0.573 e. The van der Waals surface area contributed by atoms with Crippen LogP contribution >= 0.6 is 0 Å². The first kappa shape index (κ1) is 13.5. The highest BCUT2D eigenvalue weighted by Crippen LogP contribution is 2.32. The molecule has 1 aromatic carbocycles. The molecule has 1 heterocycles. The van der Waals surface area contributed by atoms with Crippen molar-refractivity contribution in [2.45, 2.75) is 19.2 Å². The highest BCUT2D eigenvalue weighted by atomic mass is 19.4. The van der Waals surface area contributed by atoms with Gasteiger partial charge in [0.15, 0.2) is 0 Å². The number of carbonyl (C=O) groups is 1. The fraction of sp³-hybridized carbons (Fsp3) is 0.417. The molecule has 1 amide bonds. The van der Waals surface area contributed by atoms with Crippen molar-refractivity contribution in [2.24, 2.45) is 5.73 Å².